The molecule has 304 valence electrons. The number of carbonyl (C=O) groups excluding carboxylic acids is 4. The van der Waals surface area contributed by atoms with Crippen LogP contribution in [0.3, 0.4) is 0 Å². The summed E-state index contributed by atoms with van der Waals surface area (Å²) in [5.41, 5.74) is 2.64. The monoisotopic (exact) mass is 787 g/mol. The van der Waals surface area contributed by atoms with E-state index in [0.717, 1.165) is 77.5 Å². The van der Waals surface area contributed by atoms with Crippen LogP contribution in [0.5, 0.6) is 0 Å². The number of nitrogens with zero attached hydrogens (tertiary/aromatic N) is 4. The number of hydrogen-bond donors (Lipinski definition) is 5. The van der Waals surface area contributed by atoms with Crippen molar-refractivity contribution in [1.82, 2.24) is 26.2 Å². The van der Waals surface area contributed by atoms with Gasteiger partial charge in [-0.15, -0.1) is 0 Å². The Labute approximate surface area is 330 Å². The average molecular weight is 788 g/mol. The lowest BCUT2D eigenvalue weighted by atomic mass is 9.89. The highest BCUT2D eigenvalue weighted by atomic mass is 19.1. The van der Waals surface area contributed by atoms with E-state index in [1.807, 2.05) is 0 Å². The molecule has 4 saturated heterocycles. The number of likely N-dealkylation sites (tertiary alicyclic amines) is 1. The maximum atomic E-state index is 15.2. The molecule has 1 saturated carbocycles. The van der Waals surface area contributed by atoms with Gasteiger partial charge < -0.3 is 30.5 Å². The zero-order valence-corrected chi connectivity index (χ0v) is 32.0. The van der Waals surface area contributed by atoms with E-state index >= 15 is 4.39 Å². The molecule has 16 heteroatoms. The molecule has 2 unspecified atom stereocenters. The summed E-state index contributed by atoms with van der Waals surface area (Å²) in [5.74, 6) is -1.36. The van der Waals surface area contributed by atoms with Crippen LogP contribution in [0.15, 0.2) is 53.3 Å². The van der Waals surface area contributed by atoms with E-state index in [0.29, 0.717) is 53.9 Å². The lowest BCUT2D eigenvalue weighted by Gasteiger charge is -2.42. The molecule has 5 N–H and O–H groups in total. The number of rotatable bonds is 10. The Morgan fingerprint density at radius 3 is 2.35 bits per heavy atom. The van der Waals surface area contributed by atoms with Crippen LogP contribution in [0, 0.1) is 11.7 Å². The second-order valence-corrected chi connectivity index (χ2v) is 15.9. The molecule has 4 amide bonds. The van der Waals surface area contributed by atoms with Crippen molar-refractivity contribution in [3.8, 4) is 0 Å². The molecule has 6 aliphatic rings. The summed E-state index contributed by atoms with van der Waals surface area (Å²) in [7, 11) is 0. The molecule has 5 aliphatic heterocycles. The minimum atomic E-state index is -0.561. The van der Waals surface area contributed by atoms with Crippen LogP contribution in [0.2, 0.25) is 0 Å². The normalized spacial score (nSPS) is 26.6. The Hall–Kier alpha value is -5.09. The first-order valence-electron chi connectivity index (χ1n) is 20.4. The van der Waals surface area contributed by atoms with Crippen molar-refractivity contribution < 1.29 is 32.7 Å². The lowest BCUT2D eigenvalue weighted by molar-refractivity contribution is -0.133. The molecule has 1 aliphatic carbocycles. The fourth-order valence-corrected chi connectivity index (χ4v) is 9.04. The van der Waals surface area contributed by atoms with Gasteiger partial charge in [-0.1, -0.05) is 12.1 Å². The molecule has 8 rings (SSSR count). The van der Waals surface area contributed by atoms with E-state index in [1.165, 1.54) is 17.2 Å². The predicted molar refractivity (Wildman–Crippen MR) is 212 cm³/mol. The van der Waals surface area contributed by atoms with E-state index in [-0.39, 0.29) is 48.0 Å². The van der Waals surface area contributed by atoms with E-state index in [4.69, 9.17) is 4.74 Å². The highest BCUT2D eigenvalue weighted by Crippen LogP contribution is 2.31. The molecule has 2 aromatic rings. The Kier molecular flexibility index (Phi) is 11.7. The molecule has 2 aromatic carbocycles. The molecule has 5 fully saturated rings. The zero-order chi connectivity index (χ0) is 39.5. The third kappa shape index (κ3) is 9.06. The molecular formula is C41H51F2N9O5. The van der Waals surface area contributed by atoms with Crippen LogP contribution >= 0.6 is 0 Å². The minimum Gasteiger partial charge on any atom is -0.447 e. The van der Waals surface area contributed by atoms with E-state index in [2.05, 4.69) is 41.4 Å². The van der Waals surface area contributed by atoms with Crippen LogP contribution in [0.4, 0.5) is 30.6 Å². The highest BCUT2D eigenvalue weighted by Gasteiger charge is 2.34. The van der Waals surface area contributed by atoms with Crippen LogP contribution in [0.25, 0.3) is 5.70 Å². The maximum absolute atomic E-state index is 15.2. The van der Waals surface area contributed by atoms with E-state index in [1.54, 1.807) is 36.4 Å². The molecule has 0 radical (unpaired) electrons. The quantitative estimate of drug-likeness (QED) is 0.223. The number of cyclic esters (lactones) is 1. The lowest BCUT2D eigenvalue weighted by Crippen LogP contribution is -2.51. The number of nitrogens with one attached hydrogen (secondary N) is 5. The van der Waals surface area contributed by atoms with Gasteiger partial charge in [0.15, 0.2) is 12.1 Å². The maximum Gasteiger partial charge on any atom is 0.414 e. The van der Waals surface area contributed by atoms with Crippen molar-refractivity contribution in [3.05, 3.63) is 59.7 Å². The van der Waals surface area contributed by atoms with Gasteiger partial charge in [-0.25, -0.2) is 13.6 Å². The smallest absolute Gasteiger partial charge is 0.414 e. The van der Waals surface area contributed by atoms with Gasteiger partial charge in [0, 0.05) is 60.5 Å². The summed E-state index contributed by atoms with van der Waals surface area (Å²) in [6, 6.07) is 12.2. The predicted octanol–water partition coefficient (Wildman–Crippen LogP) is 3.99. The fraction of sp³-hybridized carbons (Fsp3) is 0.537. The number of benzene rings is 2. The van der Waals surface area contributed by atoms with Gasteiger partial charge in [0.1, 0.15) is 18.5 Å². The van der Waals surface area contributed by atoms with Crippen molar-refractivity contribution in [2.45, 2.75) is 94.7 Å². The van der Waals surface area contributed by atoms with Crippen LogP contribution in [-0.4, -0.2) is 105 Å². The molecule has 0 aromatic heterocycles. The minimum absolute atomic E-state index is 0.00548. The number of amides is 4. The standard InChI is InChI=1S/C41H51F2N9O5/c42-32-23-29(45-34-9-11-36(53)48-39(34)55)8-10-35(32)51-18-14-30(15-19-51)50-16-12-25(13-17-50)38(54)46-27-4-6-28(7-5-27)47-40-44-24-33(43)37(49-40)26-2-1-3-31(22-26)52-20-21-57-41(52)56/h1-3,8,10,22-25,27-28,30,34,40,45,47,49H,4-7,9,11-21H2,(H,46,54)(H,48,53,55). The summed E-state index contributed by atoms with van der Waals surface area (Å²) in [5, 5.41) is 15.4. The molecule has 14 nitrogen and oxygen atoms in total. The fourth-order valence-electron chi connectivity index (χ4n) is 9.04. The van der Waals surface area contributed by atoms with Gasteiger partial charge in [-0.05, 0) is 101 Å². The topological polar surface area (TPSA) is 160 Å². The summed E-state index contributed by atoms with van der Waals surface area (Å²) in [6.07, 6.45) is 7.85. The summed E-state index contributed by atoms with van der Waals surface area (Å²) >= 11 is 0. The molecule has 0 bridgehead atoms. The number of anilines is 3. The van der Waals surface area contributed by atoms with Gasteiger partial charge >= 0.3 is 6.09 Å². The third-order valence-electron chi connectivity index (χ3n) is 12.3. The summed E-state index contributed by atoms with van der Waals surface area (Å²) < 4.78 is 35.2. The van der Waals surface area contributed by atoms with Gasteiger partial charge in [0.05, 0.1) is 24.1 Å². The molecule has 57 heavy (non-hydrogen) atoms. The highest BCUT2D eigenvalue weighted by molar-refractivity contribution is 6.01. The SMILES string of the molecule is O=C1CCC(Nc2ccc(N3CCC(N4CCC(C(=O)NC5CCC(NC6N=CC(F)=C(c7cccc(N8CCOC8=O)c7)N6)CC5)CC4)CC3)c(F)c2)C(=O)N1. The van der Waals surface area contributed by atoms with Crippen molar-refractivity contribution in [1.29, 1.82) is 0 Å². The van der Waals surface area contributed by atoms with Crippen LogP contribution in [-0.2, 0) is 19.1 Å². The van der Waals surface area contributed by atoms with Gasteiger partial charge in [0.25, 0.3) is 0 Å². The number of allylic oxidation sites excluding steroid dienone is 1. The van der Waals surface area contributed by atoms with Gasteiger partial charge in [-0.3, -0.25) is 34.9 Å². The van der Waals surface area contributed by atoms with E-state index < -0.39 is 24.3 Å². The number of ether oxygens (including phenoxy) is 1. The molecule has 0 spiro atoms. The van der Waals surface area contributed by atoms with E-state index in [9.17, 15) is 23.6 Å². The second-order valence-electron chi connectivity index (χ2n) is 15.9. The zero-order valence-electron chi connectivity index (χ0n) is 32.0. The average Bonchev–Trinajstić information content (AvgIpc) is 3.66. The Bertz CT molecular complexity index is 1900. The number of carbonyl (C=O) groups is 4. The summed E-state index contributed by atoms with van der Waals surface area (Å²) in [4.78, 5) is 59.4. The van der Waals surface area contributed by atoms with Crippen molar-refractivity contribution in [3.63, 3.8) is 0 Å². The van der Waals surface area contributed by atoms with Crippen molar-refractivity contribution >= 4 is 52.8 Å². The third-order valence-corrected chi connectivity index (χ3v) is 12.3. The number of hydrogen-bond acceptors (Lipinski definition) is 11. The molecular weight excluding hydrogens is 737 g/mol. The summed E-state index contributed by atoms with van der Waals surface area (Å²) in [6.45, 7) is 4.00. The Morgan fingerprint density at radius 1 is 0.860 bits per heavy atom. The first-order valence-corrected chi connectivity index (χ1v) is 20.4. The number of halogens is 2. The number of imide groups is 1. The van der Waals surface area contributed by atoms with Crippen molar-refractivity contribution in [2.24, 2.45) is 10.9 Å². The molecule has 2 atom stereocenters. The first kappa shape index (κ1) is 38.8. The van der Waals surface area contributed by atoms with Gasteiger partial charge in [0.2, 0.25) is 17.7 Å². The largest absolute Gasteiger partial charge is 0.447 e. The Morgan fingerprint density at radius 2 is 1.63 bits per heavy atom. The van der Waals surface area contributed by atoms with Crippen molar-refractivity contribution in [2.75, 3.05) is 54.4 Å². The van der Waals surface area contributed by atoms with Crippen LogP contribution < -0.4 is 36.4 Å². The van der Waals surface area contributed by atoms with Crippen LogP contribution in [0.1, 0.15) is 69.8 Å². The first-order chi connectivity index (χ1) is 27.7. The number of aliphatic imine (C=N–C) groups is 1. The van der Waals surface area contributed by atoms with Gasteiger partial charge in [-0.2, -0.15) is 0 Å². The Balaban J connectivity index is 0.736. The second kappa shape index (κ2) is 17.2. The molecule has 5 heterocycles. The number of piperidine rings is 3.